The van der Waals surface area contributed by atoms with Crippen LogP contribution in [0, 0.1) is 0 Å². The predicted octanol–water partition coefficient (Wildman–Crippen LogP) is 11.8. The summed E-state index contributed by atoms with van der Waals surface area (Å²) in [6.07, 6.45) is 0. The fourth-order valence-electron chi connectivity index (χ4n) is 6.55. The van der Waals surface area contributed by atoms with Gasteiger partial charge < -0.3 is 0 Å². The first-order valence-electron chi connectivity index (χ1n) is 15.2. The molecular weight excluding hydrogens is 565 g/mol. The lowest BCUT2D eigenvalue weighted by Crippen LogP contribution is -1.94. The molecule has 0 spiro atoms. The van der Waals surface area contributed by atoms with E-state index in [9.17, 15) is 0 Å². The molecule has 0 aliphatic heterocycles. The number of nitrogens with zero attached hydrogens (tertiary/aromatic N) is 2. The average molecular weight is 591 g/mol. The summed E-state index contributed by atoms with van der Waals surface area (Å²) in [7, 11) is 0. The second-order valence-corrected chi connectivity index (χ2v) is 12.4. The van der Waals surface area contributed by atoms with Gasteiger partial charge in [0, 0.05) is 26.6 Å². The van der Waals surface area contributed by atoms with Crippen LogP contribution in [-0.2, 0) is 0 Å². The molecule has 9 rings (SSSR count). The van der Waals surface area contributed by atoms with Crippen LogP contribution < -0.4 is 0 Å². The summed E-state index contributed by atoms with van der Waals surface area (Å²) in [5, 5.41) is 7.40. The Kier molecular flexibility index (Phi) is 6.03. The summed E-state index contributed by atoms with van der Waals surface area (Å²) in [5.41, 5.74) is 7.83. The van der Waals surface area contributed by atoms with Gasteiger partial charge in [-0.15, -0.1) is 11.3 Å². The standard InChI is InChI=1S/C42H26N2S/c1-2-12-27(13-3-1)40-39-36-22-8-9-23-38(36)45-42(39)44-41(43-40)32-18-11-16-29(25-32)28-15-10-17-30(24-28)37-26-31-14-4-5-19-33(31)34-20-6-7-21-35(34)37/h1-26H. The number of aromatic nitrogens is 2. The van der Waals surface area contributed by atoms with Crippen LogP contribution >= 0.6 is 11.3 Å². The van der Waals surface area contributed by atoms with Crippen LogP contribution in [0.25, 0.3) is 86.7 Å². The second kappa shape index (κ2) is 10.5. The monoisotopic (exact) mass is 590 g/mol. The third kappa shape index (κ3) is 4.40. The van der Waals surface area contributed by atoms with Crippen molar-refractivity contribution in [3.63, 3.8) is 0 Å². The predicted molar refractivity (Wildman–Crippen MR) is 192 cm³/mol. The maximum atomic E-state index is 5.22. The van der Waals surface area contributed by atoms with Gasteiger partial charge in [0.25, 0.3) is 0 Å². The highest BCUT2D eigenvalue weighted by molar-refractivity contribution is 7.25. The Labute approximate surface area is 264 Å². The number of thiophene rings is 1. The van der Waals surface area contributed by atoms with Gasteiger partial charge in [-0.05, 0) is 68.1 Å². The minimum atomic E-state index is 0.742. The molecular formula is C42H26N2S. The van der Waals surface area contributed by atoms with Crippen molar-refractivity contribution in [2.24, 2.45) is 0 Å². The van der Waals surface area contributed by atoms with E-state index in [1.54, 1.807) is 11.3 Å². The lowest BCUT2D eigenvalue weighted by atomic mass is 9.91. The molecule has 0 N–H and O–H groups in total. The van der Waals surface area contributed by atoms with Crippen molar-refractivity contribution < 1.29 is 0 Å². The van der Waals surface area contributed by atoms with E-state index < -0.39 is 0 Å². The van der Waals surface area contributed by atoms with Crippen molar-refractivity contribution in [3.05, 3.63) is 158 Å². The molecule has 0 aliphatic carbocycles. The third-order valence-electron chi connectivity index (χ3n) is 8.68. The van der Waals surface area contributed by atoms with Gasteiger partial charge in [-0.25, -0.2) is 9.97 Å². The second-order valence-electron chi connectivity index (χ2n) is 11.4. The van der Waals surface area contributed by atoms with Crippen LogP contribution in [0.15, 0.2) is 158 Å². The zero-order chi connectivity index (χ0) is 29.7. The fourth-order valence-corrected chi connectivity index (χ4v) is 7.63. The van der Waals surface area contributed by atoms with Crippen LogP contribution in [0.2, 0.25) is 0 Å². The lowest BCUT2D eigenvalue weighted by molar-refractivity contribution is 1.24. The third-order valence-corrected chi connectivity index (χ3v) is 9.75. The first kappa shape index (κ1) is 25.8. The molecule has 2 aromatic heterocycles. The highest BCUT2D eigenvalue weighted by Crippen LogP contribution is 2.40. The molecule has 210 valence electrons. The van der Waals surface area contributed by atoms with Gasteiger partial charge in [0.15, 0.2) is 5.82 Å². The smallest absolute Gasteiger partial charge is 0.161 e. The van der Waals surface area contributed by atoms with E-state index in [2.05, 4.69) is 152 Å². The van der Waals surface area contributed by atoms with Crippen molar-refractivity contribution in [1.29, 1.82) is 0 Å². The molecule has 3 heteroatoms. The number of fused-ring (bicyclic) bond motifs is 6. The Morgan fingerprint density at radius 2 is 1.00 bits per heavy atom. The maximum Gasteiger partial charge on any atom is 0.161 e. The Morgan fingerprint density at radius 1 is 0.400 bits per heavy atom. The van der Waals surface area contributed by atoms with Gasteiger partial charge in [-0.2, -0.15) is 0 Å². The van der Waals surface area contributed by atoms with E-state index in [0.29, 0.717) is 0 Å². The maximum absolute atomic E-state index is 5.22. The minimum absolute atomic E-state index is 0.742. The first-order chi connectivity index (χ1) is 22.3. The molecule has 7 aromatic carbocycles. The molecule has 0 radical (unpaired) electrons. The molecule has 2 nitrogen and oxygen atoms in total. The molecule has 2 heterocycles. The van der Waals surface area contributed by atoms with E-state index in [-0.39, 0.29) is 0 Å². The lowest BCUT2D eigenvalue weighted by Gasteiger charge is -2.13. The fraction of sp³-hybridized carbons (Fsp3) is 0. The highest BCUT2D eigenvalue weighted by Gasteiger charge is 2.17. The molecule has 0 saturated carbocycles. The summed E-state index contributed by atoms with van der Waals surface area (Å²) in [6, 6.07) is 56.2. The summed E-state index contributed by atoms with van der Waals surface area (Å²) < 4.78 is 1.22. The van der Waals surface area contributed by atoms with Crippen LogP contribution in [0.3, 0.4) is 0 Å². The minimum Gasteiger partial charge on any atom is -0.227 e. The summed E-state index contributed by atoms with van der Waals surface area (Å²) in [6.45, 7) is 0. The zero-order valence-corrected chi connectivity index (χ0v) is 25.1. The molecule has 0 saturated heterocycles. The Hall–Kier alpha value is -5.64. The van der Waals surface area contributed by atoms with Crippen LogP contribution in [0.1, 0.15) is 0 Å². The van der Waals surface area contributed by atoms with E-state index in [0.717, 1.165) is 44.0 Å². The van der Waals surface area contributed by atoms with Crippen molar-refractivity contribution >= 4 is 53.2 Å². The van der Waals surface area contributed by atoms with Crippen molar-refractivity contribution in [2.45, 2.75) is 0 Å². The van der Waals surface area contributed by atoms with Gasteiger partial charge in [0.05, 0.1) is 5.69 Å². The van der Waals surface area contributed by atoms with Crippen LogP contribution in [0.5, 0.6) is 0 Å². The largest absolute Gasteiger partial charge is 0.227 e. The molecule has 0 atom stereocenters. The molecule has 45 heavy (non-hydrogen) atoms. The van der Waals surface area contributed by atoms with E-state index in [4.69, 9.17) is 9.97 Å². The number of rotatable bonds is 4. The van der Waals surface area contributed by atoms with E-state index >= 15 is 0 Å². The van der Waals surface area contributed by atoms with Crippen molar-refractivity contribution in [2.75, 3.05) is 0 Å². The van der Waals surface area contributed by atoms with Crippen LogP contribution in [-0.4, -0.2) is 9.97 Å². The molecule has 0 aliphatic rings. The molecule has 9 aromatic rings. The van der Waals surface area contributed by atoms with Gasteiger partial charge in [0.1, 0.15) is 4.83 Å². The topological polar surface area (TPSA) is 25.8 Å². The molecule has 0 amide bonds. The number of hydrogen-bond acceptors (Lipinski definition) is 3. The van der Waals surface area contributed by atoms with Gasteiger partial charge in [-0.3, -0.25) is 0 Å². The van der Waals surface area contributed by atoms with Gasteiger partial charge in [-0.1, -0.05) is 133 Å². The number of benzene rings is 7. The summed E-state index contributed by atoms with van der Waals surface area (Å²) in [4.78, 5) is 11.4. The van der Waals surface area contributed by atoms with E-state index in [1.807, 2.05) is 6.07 Å². The van der Waals surface area contributed by atoms with Gasteiger partial charge >= 0.3 is 0 Å². The normalized spacial score (nSPS) is 11.6. The van der Waals surface area contributed by atoms with Gasteiger partial charge in [0.2, 0.25) is 0 Å². The molecule has 0 bridgehead atoms. The van der Waals surface area contributed by atoms with Crippen LogP contribution in [0.4, 0.5) is 0 Å². The highest BCUT2D eigenvalue weighted by atomic mass is 32.1. The number of hydrogen-bond donors (Lipinski definition) is 0. The molecule has 0 fully saturated rings. The van der Waals surface area contributed by atoms with Crippen molar-refractivity contribution in [3.8, 4) is 44.9 Å². The SMILES string of the molecule is c1ccc(-c2nc(-c3cccc(-c4cccc(-c5cc6ccccc6c6ccccc56)c4)c3)nc3sc4ccccc4c23)cc1. The quantitative estimate of drug-likeness (QED) is 0.191. The Morgan fingerprint density at radius 3 is 1.82 bits per heavy atom. The Bertz CT molecular complexity index is 2550. The zero-order valence-electron chi connectivity index (χ0n) is 24.3. The van der Waals surface area contributed by atoms with Crippen molar-refractivity contribution in [1.82, 2.24) is 9.97 Å². The van der Waals surface area contributed by atoms with E-state index in [1.165, 1.54) is 42.8 Å². The average Bonchev–Trinajstić information content (AvgIpc) is 3.50. The summed E-state index contributed by atoms with van der Waals surface area (Å²) in [5.74, 6) is 0.742. The summed E-state index contributed by atoms with van der Waals surface area (Å²) >= 11 is 1.73. The Balaban J connectivity index is 1.19. The molecule has 0 unspecified atom stereocenters. The first-order valence-corrected chi connectivity index (χ1v) is 16.0.